The molecule has 2 aromatic rings. The molecule has 18 heavy (non-hydrogen) atoms. The van der Waals surface area contributed by atoms with E-state index in [4.69, 9.17) is 5.11 Å². The van der Waals surface area contributed by atoms with E-state index >= 15 is 0 Å². The van der Waals surface area contributed by atoms with Crippen molar-refractivity contribution in [1.82, 2.24) is 4.98 Å². The largest absolute Gasteiger partial charge is 0.476 e. The van der Waals surface area contributed by atoms with Crippen LogP contribution in [0.3, 0.4) is 0 Å². The fraction of sp³-hybridized carbons (Fsp3) is 0.333. The first kappa shape index (κ1) is 11.7. The molecule has 2 aromatic heterocycles. The number of carboxylic acid groups (broad SMARTS) is 1. The van der Waals surface area contributed by atoms with Crippen molar-refractivity contribution < 1.29 is 9.90 Å². The van der Waals surface area contributed by atoms with Gasteiger partial charge >= 0.3 is 5.97 Å². The van der Waals surface area contributed by atoms with Gasteiger partial charge in [0, 0.05) is 18.0 Å². The molecular weight excluding hydrogens is 268 g/mol. The predicted molar refractivity (Wildman–Crippen MR) is 72.6 cm³/mol. The summed E-state index contributed by atoms with van der Waals surface area (Å²) in [4.78, 5) is 17.3. The average Bonchev–Trinajstić information content (AvgIpc) is 2.88. The van der Waals surface area contributed by atoms with E-state index in [1.807, 2.05) is 0 Å². The van der Waals surface area contributed by atoms with E-state index in [0.29, 0.717) is 6.04 Å². The summed E-state index contributed by atoms with van der Waals surface area (Å²) in [5.41, 5.74) is 1.41. The molecule has 6 heteroatoms. The Morgan fingerprint density at radius 3 is 2.89 bits per heavy atom. The number of hydrogen-bond acceptors (Lipinski definition) is 5. The normalized spacial score (nSPS) is 14.7. The Morgan fingerprint density at radius 1 is 1.50 bits per heavy atom. The summed E-state index contributed by atoms with van der Waals surface area (Å²) in [6, 6.07) is 2.63. The number of anilines is 1. The van der Waals surface area contributed by atoms with E-state index in [-0.39, 0.29) is 5.69 Å². The topological polar surface area (TPSA) is 53.4 Å². The van der Waals surface area contributed by atoms with Crippen molar-refractivity contribution in [2.45, 2.75) is 25.4 Å². The number of carbonyl (C=O) groups is 1. The summed E-state index contributed by atoms with van der Waals surface area (Å²) in [5.74, 6) is -0.955. The highest BCUT2D eigenvalue weighted by Crippen LogP contribution is 2.35. The molecule has 1 saturated carbocycles. The summed E-state index contributed by atoms with van der Waals surface area (Å²) in [6.07, 6.45) is 2.35. The Labute approximate surface area is 113 Å². The molecule has 94 valence electrons. The standard InChI is InChI=1S/C12H12N2O2S2/c15-11(16)10-7-18-12(13-10)14(9-1-2-9)5-8-3-4-17-6-8/h3-4,6-7,9H,1-2,5H2,(H,15,16). The van der Waals surface area contributed by atoms with E-state index in [1.165, 1.54) is 29.7 Å². The van der Waals surface area contributed by atoms with Gasteiger partial charge in [-0.05, 0) is 35.2 Å². The predicted octanol–water partition coefficient (Wildman–Crippen LogP) is 3.07. The van der Waals surface area contributed by atoms with Gasteiger partial charge in [0.05, 0.1) is 0 Å². The van der Waals surface area contributed by atoms with Crippen LogP contribution in [0.1, 0.15) is 28.9 Å². The Bertz CT molecular complexity index is 546. The van der Waals surface area contributed by atoms with E-state index in [1.54, 1.807) is 16.7 Å². The zero-order valence-corrected chi connectivity index (χ0v) is 11.2. The second-order valence-electron chi connectivity index (χ2n) is 4.31. The zero-order chi connectivity index (χ0) is 12.5. The third-order valence-corrected chi connectivity index (χ3v) is 4.49. The third kappa shape index (κ3) is 2.39. The van der Waals surface area contributed by atoms with Crippen molar-refractivity contribution in [3.8, 4) is 0 Å². The Morgan fingerprint density at radius 2 is 2.33 bits per heavy atom. The number of aromatic carboxylic acids is 1. The molecule has 3 rings (SSSR count). The first-order valence-corrected chi connectivity index (χ1v) is 7.53. The average molecular weight is 280 g/mol. The molecule has 0 bridgehead atoms. The monoisotopic (exact) mass is 280 g/mol. The lowest BCUT2D eigenvalue weighted by atomic mass is 10.3. The molecule has 4 nitrogen and oxygen atoms in total. The minimum Gasteiger partial charge on any atom is -0.476 e. The van der Waals surface area contributed by atoms with Gasteiger partial charge in [0.1, 0.15) is 0 Å². The molecule has 1 N–H and O–H groups in total. The SMILES string of the molecule is O=C(O)c1csc(N(Cc2ccsc2)C2CC2)n1. The number of hydrogen-bond donors (Lipinski definition) is 1. The maximum atomic E-state index is 10.9. The lowest BCUT2D eigenvalue weighted by molar-refractivity contribution is 0.0691. The fourth-order valence-corrected chi connectivity index (χ4v) is 3.34. The van der Waals surface area contributed by atoms with Crippen LogP contribution in [0.2, 0.25) is 0 Å². The van der Waals surface area contributed by atoms with Gasteiger partial charge in [-0.2, -0.15) is 11.3 Å². The molecule has 0 unspecified atom stereocenters. The van der Waals surface area contributed by atoms with Crippen molar-refractivity contribution in [1.29, 1.82) is 0 Å². The van der Waals surface area contributed by atoms with Crippen LogP contribution in [0.25, 0.3) is 0 Å². The second-order valence-corrected chi connectivity index (χ2v) is 5.93. The maximum Gasteiger partial charge on any atom is 0.355 e. The lowest BCUT2D eigenvalue weighted by Gasteiger charge is -2.20. The minimum atomic E-state index is -0.955. The number of nitrogens with zero attached hydrogens (tertiary/aromatic N) is 2. The molecule has 0 saturated heterocycles. The molecule has 2 heterocycles. The highest BCUT2D eigenvalue weighted by atomic mass is 32.1. The maximum absolute atomic E-state index is 10.9. The summed E-state index contributed by atoms with van der Waals surface area (Å²) in [5, 5.41) is 15.5. The molecule has 1 aliphatic carbocycles. The highest BCUT2D eigenvalue weighted by Gasteiger charge is 2.31. The Kier molecular flexibility index (Phi) is 3.05. The molecule has 1 aliphatic rings. The van der Waals surface area contributed by atoms with Gasteiger partial charge in [-0.25, -0.2) is 9.78 Å². The van der Waals surface area contributed by atoms with Crippen LogP contribution in [0.15, 0.2) is 22.2 Å². The van der Waals surface area contributed by atoms with Crippen molar-refractivity contribution in [2.75, 3.05) is 4.90 Å². The van der Waals surface area contributed by atoms with Crippen molar-refractivity contribution in [2.24, 2.45) is 0 Å². The van der Waals surface area contributed by atoms with Gasteiger partial charge in [-0.1, -0.05) is 0 Å². The summed E-state index contributed by atoms with van der Waals surface area (Å²) >= 11 is 3.09. The Balaban J connectivity index is 1.82. The molecule has 0 radical (unpaired) electrons. The summed E-state index contributed by atoms with van der Waals surface area (Å²) in [7, 11) is 0. The van der Waals surface area contributed by atoms with E-state index in [9.17, 15) is 4.79 Å². The molecular formula is C12H12N2O2S2. The number of thiazole rings is 1. The van der Waals surface area contributed by atoms with Crippen LogP contribution in [0, 0.1) is 0 Å². The minimum absolute atomic E-state index is 0.144. The quantitative estimate of drug-likeness (QED) is 0.914. The van der Waals surface area contributed by atoms with E-state index < -0.39 is 5.97 Å². The molecule has 0 atom stereocenters. The van der Waals surface area contributed by atoms with Crippen molar-refractivity contribution >= 4 is 33.8 Å². The number of aromatic nitrogens is 1. The van der Waals surface area contributed by atoms with Gasteiger partial charge in [0.2, 0.25) is 0 Å². The van der Waals surface area contributed by atoms with E-state index in [2.05, 4.69) is 26.7 Å². The first-order chi connectivity index (χ1) is 8.74. The fourth-order valence-electron chi connectivity index (χ4n) is 1.81. The smallest absolute Gasteiger partial charge is 0.355 e. The van der Waals surface area contributed by atoms with Crippen LogP contribution in [-0.2, 0) is 6.54 Å². The summed E-state index contributed by atoms with van der Waals surface area (Å²) < 4.78 is 0. The van der Waals surface area contributed by atoms with Crippen LogP contribution >= 0.6 is 22.7 Å². The van der Waals surface area contributed by atoms with Gasteiger partial charge in [0.25, 0.3) is 0 Å². The van der Waals surface area contributed by atoms with Crippen molar-refractivity contribution in [3.05, 3.63) is 33.5 Å². The highest BCUT2D eigenvalue weighted by molar-refractivity contribution is 7.14. The van der Waals surface area contributed by atoms with Crippen LogP contribution < -0.4 is 4.90 Å². The second kappa shape index (κ2) is 4.70. The van der Waals surface area contributed by atoms with Gasteiger partial charge in [0.15, 0.2) is 10.8 Å². The molecule has 0 aliphatic heterocycles. The first-order valence-electron chi connectivity index (χ1n) is 5.70. The van der Waals surface area contributed by atoms with Crippen LogP contribution in [0.5, 0.6) is 0 Å². The zero-order valence-electron chi connectivity index (χ0n) is 9.57. The lowest BCUT2D eigenvalue weighted by Crippen LogP contribution is -2.24. The number of rotatable bonds is 5. The molecule has 0 aromatic carbocycles. The van der Waals surface area contributed by atoms with Gasteiger partial charge in [-0.15, -0.1) is 11.3 Å². The molecule has 0 spiro atoms. The number of carboxylic acids is 1. The molecule has 1 fully saturated rings. The van der Waals surface area contributed by atoms with Gasteiger partial charge < -0.3 is 10.0 Å². The summed E-state index contributed by atoms with van der Waals surface area (Å²) in [6.45, 7) is 0.820. The van der Waals surface area contributed by atoms with Crippen LogP contribution in [-0.4, -0.2) is 22.1 Å². The van der Waals surface area contributed by atoms with Gasteiger partial charge in [-0.3, -0.25) is 0 Å². The van der Waals surface area contributed by atoms with E-state index in [0.717, 1.165) is 11.7 Å². The van der Waals surface area contributed by atoms with Crippen LogP contribution in [0.4, 0.5) is 5.13 Å². The number of thiophene rings is 1. The Hall–Kier alpha value is -1.40. The molecule has 0 amide bonds. The van der Waals surface area contributed by atoms with Crippen molar-refractivity contribution in [3.63, 3.8) is 0 Å². The third-order valence-electron chi connectivity index (χ3n) is 2.88.